The highest BCUT2D eigenvalue weighted by Gasteiger charge is 2.17. The van der Waals surface area contributed by atoms with Gasteiger partial charge < -0.3 is 5.73 Å². The fraction of sp³-hybridized carbons (Fsp3) is 0.0769. The lowest BCUT2D eigenvalue weighted by atomic mass is 10.2. The van der Waals surface area contributed by atoms with E-state index in [1.165, 1.54) is 0 Å². The third-order valence-corrected chi connectivity index (χ3v) is 4.45. The van der Waals surface area contributed by atoms with Gasteiger partial charge in [0.25, 0.3) is 0 Å². The topological polar surface area (TPSA) is 72.2 Å². The number of nitrogen functional groups attached to an aromatic ring is 1. The van der Waals surface area contributed by atoms with Crippen LogP contribution in [0.5, 0.6) is 0 Å². The minimum Gasteiger partial charge on any atom is -0.399 e. The first-order valence-electron chi connectivity index (χ1n) is 5.76. The maximum absolute atomic E-state index is 13.6. The van der Waals surface area contributed by atoms with Crippen LogP contribution in [0.15, 0.2) is 40.9 Å². The number of nitrogens with two attached hydrogens (primary N) is 1. The van der Waals surface area contributed by atoms with Gasteiger partial charge in [-0.15, -0.1) is 0 Å². The van der Waals surface area contributed by atoms with Crippen LogP contribution in [0.25, 0.3) is 0 Å². The van der Waals surface area contributed by atoms with Gasteiger partial charge in [0.1, 0.15) is 5.82 Å². The van der Waals surface area contributed by atoms with E-state index in [-0.39, 0.29) is 15.9 Å². The zero-order valence-electron chi connectivity index (χ0n) is 10.6. The molecular formula is C13H11BrF2N2O2S. The van der Waals surface area contributed by atoms with Gasteiger partial charge >= 0.3 is 0 Å². The van der Waals surface area contributed by atoms with E-state index in [9.17, 15) is 17.2 Å². The van der Waals surface area contributed by atoms with Crippen LogP contribution in [0.2, 0.25) is 0 Å². The van der Waals surface area contributed by atoms with Gasteiger partial charge in [-0.1, -0.05) is 12.1 Å². The molecular weight excluding hydrogens is 366 g/mol. The molecule has 0 aromatic heterocycles. The van der Waals surface area contributed by atoms with Crippen LogP contribution in [0.3, 0.4) is 0 Å². The molecule has 0 aliphatic rings. The van der Waals surface area contributed by atoms with Crippen molar-refractivity contribution in [2.75, 3.05) is 10.5 Å². The summed E-state index contributed by atoms with van der Waals surface area (Å²) in [6.07, 6.45) is 0. The van der Waals surface area contributed by atoms with Crippen molar-refractivity contribution in [3.63, 3.8) is 0 Å². The van der Waals surface area contributed by atoms with Crippen molar-refractivity contribution in [3.8, 4) is 0 Å². The molecule has 112 valence electrons. The van der Waals surface area contributed by atoms with Crippen LogP contribution < -0.4 is 10.5 Å². The van der Waals surface area contributed by atoms with Gasteiger partial charge in [0.05, 0.1) is 11.4 Å². The lowest BCUT2D eigenvalue weighted by Gasteiger charge is -2.11. The summed E-state index contributed by atoms with van der Waals surface area (Å²) in [6, 6.07) is 7.84. The number of sulfonamides is 1. The summed E-state index contributed by atoms with van der Waals surface area (Å²) in [7, 11) is -3.84. The molecule has 0 spiro atoms. The van der Waals surface area contributed by atoms with Gasteiger partial charge in [-0.3, -0.25) is 4.72 Å². The van der Waals surface area contributed by atoms with Crippen LogP contribution in [0.1, 0.15) is 5.56 Å². The molecule has 0 radical (unpaired) electrons. The van der Waals surface area contributed by atoms with E-state index in [0.717, 1.165) is 6.07 Å². The number of halogens is 3. The van der Waals surface area contributed by atoms with E-state index in [0.29, 0.717) is 17.3 Å². The summed E-state index contributed by atoms with van der Waals surface area (Å²) in [5.74, 6) is -2.15. The first-order valence-corrected chi connectivity index (χ1v) is 8.21. The molecule has 2 aromatic rings. The molecule has 0 fully saturated rings. The summed E-state index contributed by atoms with van der Waals surface area (Å²) in [5.41, 5.74) is 6.19. The summed E-state index contributed by atoms with van der Waals surface area (Å²) in [5, 5.41) is 0. The number of rotatable bonds is 4. The molecule has 0 saturated carbocycles. The Bertz CT molecular complexity index is 741. The fourth-order valence-corrected chi connectivity index (χ4v) is 3.52. The molecule has 4 nitrogen and oxygen atoms in total. The molecule has 0 aliphatic carbocycles. The third kappa shape index (κ3) is 4.15. The van der Waals surface area contributed by atoms with E-state index in [1.807, 2.05) is 0 Å². The smallest absolute Gasteiger partial charge is 0.237 e. The minimum absolute atomic E-state index is 0.0131. The Balaban J connectivity index is 2.24. The molecule has 0 amide bonds. The zero-order valence-corrected chi connectivity index (χ0v) is 13.0. The first-order chi connectivity index (χ1) is 9.77. The highest BCUT2D eigenvalue weighted by atomic mass is 79.9. The van der Waals surface area contributed by atoms with E-state index in [4.69, 9.17) is 5.73 Å². The molecule has 0 unspecified atom stereocenters. The molecule has 3 N–H and O–H groups in total. The van der Waals surface area contributed by atoms with Crippen molar-refractivity contribution in [1.82, 2.24) is 0 Å². The summed E-state index contributed by atoms with van der Waals surface area (Å²) in [4.78, 5) is 0. The second kappa shape index (κ2) is 5.98. The van der Waals surface area contributed by atoms with Crippen LogP contribution in [0, 0.1) is 11.6 Å². The van der Waals surface area contributed by atoms with Crippen molar-refractivity contribution in [3.05, 3.63) is 58.1 Å². The number of benzene rings is 2. The second-order valence-corrected chi connectivity index (χ2v) is 6.92. The molecule has 0 bridgehead atoms. The Morgan fingerprint density at radius 3 is 2.33 bits per heavy atom. The SMILES string of the molecule is Nc1ccc(CS(=O)(=O)Nc2c(F)cc(F)cc2Br)cc1. The standard InChI is InChI=1S/C13H11BrF2N2O2S/c14-11-5-9(15)6-12(16)13(11)18-21(19,20)7-8-1-3-10(17)4-2-8/h1-6,18H,7,17H2. The predicted molar refractivity (Wildman–Crippen MR) is 81.2 cm³/mol. The number of anilines is 2. The van der Waals surface area contributed by atoms with Crippen molar-refractivity contribution in [1.29, 1.82) is 0 Å². The van der Waals surface area contributed by atoms with Gasteiger partial charge in [0, 0.05) is 16.2 Å². The molecule has 0 heterocycles. The number of nitrogens with one attached hydrogen (secondary N) is 1. The highest BCUT2D eigenvalue weighted by molar-refractivity contribution is 9.10. The van der Waals surface area contributed by atoms with Crippen molar-refractivity contribution < 1.29 is 17.2 Å². The monoisotopic (exact) mass is 376 g/mol. The maximum Gasteiger partial charge on any atom is 0.237 e. The lowest BCUT2D eigenvalue weighted by molar-refractivity contribution is 0.581. The zero-order chi connectivity index (χ0) is 15.6. The quantitative estimate of drug-likeness (QED) is 0.804. The van der Waals surface area contributed by atoms with E-state index in [2.05, 4.69) is 20.7 Å². The Labute approximate surface area is 129 Å². The molecule has 2 rings (SSSR count). The molecule has 0 atom stereocenters. The van der Waals surface area contributed by atoms with Crippen LogP contribution >= 0.6 is 15.9 Å². The molecule has 0 saturated heterocycles. The van der Waals surface area contributed by atoms with Gasteiger partial charge in [-0.2, -0.15) is 0 Å². The van der Waals surface area contributed by atoms with Gasteiger partial charge in [0.15, 0.2) is 5.82 Å². The Kier molecular flexibility index (Phi) is 4.48. The molecule has 0 aliphatic heterocycles. The summed E-state index contributed by atoms with van der Waals surface area (Å²) >= 11 is 2.92. The minimum atomic E-state index is -3.84. The Morgan fingerprint density at radius 2 is 1.76 bits per heavy atom. The molecule has 21 heavy (non-hydrogen) atoms. The largest absolute Gasteiger partial charge is 0.399 e. The number of hydrogen-bond acceptors (Lipinski definition) is 3. The molecule has 2 aromatic carbocycles. The Morgan fingerprint density at radius 1 is 1.14 bits per heavy atom. The fourth-order valence-electron chi connectivity index (χ4n) is 1.66. The van der Waals surface area contributed by atoms with Crippen molar-refractivity contribution >= 4 is 37.3 Å². The Hall–Kier alpha value is -1.67. The first kappa shape index (κ1) is 15.7. The van der Waals surface area contributed by atoms with Crippen molar-refractivity contribution in [2.24, 2.45) is 0 Å². The average molecular weight is 377 g/mol. The predicted octanol–water partition coefficient (Wildman–Crippen LogP) is 3.25. The van der Waals surface area contributed by atoms with Gasteiger partial charge in [-0.05, 0) is 39.7 Å². The van der Waals surface area contributed by atoms with Gasteiger partial charge in [-0.25, -0.2) is 17.2 Å². The summed E-state index contributed by atoms with van der Waals surface area (Å²) < 4.78 is 52.7. The van der Waals surface area contributed by atoms with Crippen LogP contribution in [0.4, 0.5) is 20.2 Å². The second-order valence-electron chi connectivity index (χ2n) is 4.35. The van der Waals surface area contributed by atoms with Crippen LogP contribution in [-0.2, 0) is 15.8 Å². The van der Waals surface area contributed by atoms with Gasteiger partial charge in [0.2, 0.25) is 10.0 Å². The number of hydrogen-bond donors (Lipinski definition) is 2. The maximum atomic E-state index is 13.6. The summed E-state index contributed by atoms with van der Waals surface area (Å²) in [6.45, 7) is 0. The normalized spacial score (nSPS) is 11.4. The average Bonchev–Trinajstić information content (AvgIpc) is 2.36. The van der Waals surface area contributed by atoms with E-state index >= 15 is 0 Å². The van der Waals surface area contributed by atoms with E-state index < -0.39 is 21.7 Å². The highest BCUT2D eigenvalue weighted by Crippen LogP contribution is 2.28. The third-order valence-electron chi connectivity index (χ3n) is 2.60. The van der Waals surface area contributed by atoms with Crippen molar-refractivity contribution in [2.45, 2.75) is 5.75 Å². The van der Waals surface area contributed by atoms with Crippen LogP contribution in [-0.4, -0.2) is 8.42 Å². The van der Waals surface area contributed by atoms with E-state index in [1.54, 1.807) is 24.3 Å². The lowest BCUT2D eigenvalue weighted by Crippen LogP contribution is -2.16. The molecule has 8 heteroatoms.